The summed E-state index contributed by atoms with van der Waals surface area (Å²) < 4.78 is 10.9. The van der Waals surface area contributed by atoms with E-state index in [0.29, 0.717) is 11.1 Å². The SMILES string of the molecule is CC(=CCCC=C(C)C(=O)OC1CCCC1)C(=O)OC1CCCC1. The Balaban J connectivity index is 1.68. The number of hydrogen-bond donors (Lipinski definition) is 0. The predicted molar refractivity (Wildman–Crippen MR) is 93.4 cm³/mol. The van der Waals surface area contributed by atoms with Gasteiger partial charge in [0.1, 0.15) is 12.2 Å². The molecule has 0 amide bonds. The molecule has 0 radical (unpaired) electrons. The Morgan fingerprint density at radius 3 is 1.42 bits per heavy atom. The molecule has 0 saturated heterocycles. The van der Waals surface area contributed by atoms with Gasteiger partial charge < -0.3 is 9.47 Å². The van der Waals surface area contributed by atoms with Crippen LogP contribution in [0.3, 0.4) is 0 Å². The third kappa shape index (κ3) is 6.14. The van der Waals surface area contributed by atoms with Gasteiger partial charge in [-0.25, -0.2) is 9.59 Å². The number of carbonyl (C=O) groups excluding carboxylic acids is 2. The molecule has 0 aliphatic heterocycles. The highest BCUT2D eigenvalue weighted by atomic mass is 16.5. The van der Waals surface area contributed by atoms with Crippen LogP contribution in [-0.2, 0) is 19.1 Å². The molecule has 0 aromatic carbocycles. The average molecular weight is 334 g/mol. The second kappa shape index (κ2) is 9.65. The van der Waals surface area contributed by atoms with Crippen molar-refractivity contribution in [3.05, 3.63) is 23.3 Å². The van der Waals surface area contributed by atoms with Crippen LogP contribution in [0.1, 0.15) is 78.1 Å². The standard InChI is InChI=1S/C20H30O4/c1-15(19(21)23-17-11-5-6-12-17)9-3-4-10-16(2)20(22)24-18-13-7-8-14-18/h9-10,17-18H,3-8,11-14H2,1-2H3. The molecule has 4 nitrogen and oxygen atoms in total. The fourth-order valence-electron chi connectivity index (χ4n) is 3.27. The summed E-state index contributed by atoms with van der Waals surface area (Å²) in [5.41, 5.74) is 1.31. The summed E-state index contributed by atoms with van der Waals surface area (Å²) >= 11 is 0. The molecule has 2 rings (SSSR count). The van der Waals surface area contributed by atoms with Crippen LogP contribution in [0.2, 0.25) is 0 Å². The van der Waals surface area contributed by atoms with Gasteiger partial charge in [0.15, 0.2) is 0 Å². The van der Waals surface area contributed by atoms with Gasteiger partial charge in [-0.1, -0.05) is 12.2 Å². The minimum atomic E-state index is -0.205. The van der Waals surface area contributed by atoms with E-state index >= 15 is 0 Å². The van der Waals surface area contributed by atoms with Gasteiger partial charge in [-0.2, -0.15) is 0 Å². The largest absolute Gasteiger partial charge is 0.459 e. The van der Waals surface area contributed by atoms with E-state index in [1.165, 1.54) is 0 Å². The summed E-state index contributed by atoms with van der Waals surface area (Å²) in [6.45, 7) is 3.59. The lowest BCUT2D eigenvalue weighted by atomic mass is 10.1. The van der Waals surface area contributed by atoms with Crippen LogP contribution >= 0.6 is 0 Å². The first-order valence-electron chi connectivity index (χ1n) is 9.31. The summed E-state index contributed by atoms with van der Waals surface area (Å²) in [7, 11) is 0. The van der Waals surface area contributed by atoms with Gasteiger partial charge in [-0.05, 0) is 78.1 Å². The highest BCUT2D eigenvalue weighted by molar-refractivity contribution is 5.88. The van der Waals surface area contributed by atoms with Crippen LogP contribution < -0.4 is 0 Å². The molecular formula is C20H30O4. The molecular weight excluding hydrogens is 304 g/mol. The minimum Gasteiger partial charge on any atom is -0.459 e. The maximum atomic E-state index is 11.9. The topological polar surface area (TPSA) is 52.6 Å². The molecule has 0 spiro atoms. The van der Waals surface area contributed by atoms with Crippen LogP contribution in [0.15, 0.2) is 23.3 Å². The van der Waals surface area contributed by atoms with E-state index in [2.05, 4.69) is 0 Å². The summed E-state index contributed by atoms with van der Waals surface area (Å²) in [5.74, 6) is -0.411. The monoisotopic (exact) mass is 334 g/mol. The molecule has 4 heteroatoms. The lowest BCUT2D eigenvalue weighted by Crippen LogP contribution is -2.15. The van der Waals surface area contributed by atoms with Crippen molar-refractivity contribution < 1.29 is 19.1 Å². The Kier molecular flexibility index (Phi) is 7.54. The number of carbonyl (C=O) groups is 2. The van der Waals surface area contributed by atoms with Gasteiger partial charge in [0.25, 0.3) is 0 Å². The van der Waals surface area contributed by atoms with Gasteiger partial charge in [-0.3, -0.25) is 0 Å². The van der Waals surface area contributed by atoms with Crippen molar-refractivity contribution >= 4 is 11.9 Å². The lowest BCUT2D eigenvalue weighted by molar-refractivity contribution is -0.144. The normalized spacial score (nSPS) is 20.4. The van der Waals surface area contributed by atoms with Crippen molar-refractivity contribution in [2.75, 3.05) is 0 Å². The molecule has 0 N–H and O–H groups in total. The summed E-state index contributed by atoms with van der Waals surface area (Å²) in [6, 6.07) is 0. The molecule has 2 fully saturated rings. The first-order valence-corrected chi connectivity index (χ1v) is 9.31. The van der Waals surface area contributed by atoms with Crippen LogP contribution in [0.4, 0.5) is 0 Å². The van der Waals surface area contributed by atoms with E-state index in [0.717, 1.165) is 64.2 Å². The number of ether oxygens (including phenoxy) is 2. The van der Waals surface area contributed by atoms with Crippen LogP contribution in [-0.4, -0.2) is 24.1 Å². The predicted octanol–water partition coefficient (Wildman–Crippen LogP) is 4.63. The molecule has 24 heavy (non-hydrogen) atoms. The van der Waals surface area contributed by atoms with E-state index in [9.17, 15) is 9.59 Å². The van der Waals surface area contributed by atoms with Crippen molar-refractivity contribution in [3.8, 4) is 0 Å². The Morgan fingerprint density at radius 1 is 0.750 bits per heavy atom. The zero-order valence-corrected chi connectivity index (χ0v) is 15.0. The zero-order valence-electron chi connectivity index (χ0n) is 15.0. The molecule has 2 aliphatic carbocycles. The van der Waals surface area contributed by atoms with Gasteiger partial charge in [0.05, 0.1) is 0 Å². The fourth-order valence-corrected chi connectivity index (χ4v) is 3.27. The lowest BCUT2D eigenvalue weighted by Gasteiger charge is -2.11. The maximum absolute atomic E-state index is 11.9. The fraction of sp³-hybridized carbons (Fsp3) is 0.700. The first kappa shape index (κ1) is 18.8. The Hall–Kier alpha value is -1.58. The third-order valence-corrected chi connectivity index (χ3v) is 4.86. The van der Waals surface area contributed by atoms with Gasteiger partial charge in [-0.15, -0.1) is 0 Å². The molecule has 0 aromatic heterocycles. The molecule has 2 saturated carbocycles. The van der Waals surface area contributed by atoms with Gasteiger partial charge in [0, 0.05) is 11.1 Å². The van der Waals surface area contributed by atoms with Crippen molar-refractivity contribution in [1.29, 1.82) is 0 Å². The third-order valence-electron chi connectivity index (χ3n) is 4.86. The minimum absolute atomic E-state index is 0.105. The molecule has 134 valence electrons. The number of esters is 2. The first-order chi connectivity index (χ1) is 11.6. The van der Waals surface area contributed by atoms with Gasteiger partial charge in [0.2, 0.25) is 0 Å². The Morgan fingerprint density at radius 2 is 1.08 bits per heavy atom. The highest BCUT2D eigenvalue weighted by Crippen LogP contribution is 2.23. The van der Waals surface area contributed by atoms with Crippen molar-refractivity contribution in [1.82, 2.24) is 0 Å². The number of hydrogen-bond acceptors (Lipinski definition) is 4. The van der Waals surface area contributed by atoms with Crippen molar-refractivity contribution in [2.45, 2.75) is 90.3 Å². The number of allylic oxidation sites excluding steroid dienone is 2. The molecule has 0 unspecified atom stereocenters. The summed E-state index contributed by atoms with van der Waals surface area (Å²) in [6.07, 6.45) is 14.0. The number of rotatable bonds is 7. The van der Waals surface area contributed by atoms with Crippen molar-refractivity contribution in [3.63, 3.8) is 0 Å². The van der Waals surface area contributed by atoms with Crippen LogP contribution in [0.25, 0.3) is 0 Å². The van der Waals surface area contributed by atoms with Crippen LogP contribution in [0.5, 0.6) is 0 Å². The van der Waals surface area contributed by atoms with Crippen LogP contribution in [0, 0.1) is 0 Å². The molecule has 0 heterocycles. The van der Waals surface area contributed by atoms with E-state index < -0.39 is 0 Å². The second-order valence-corrected chi connectivity index (χ2v) is 6.98. The van der Waals surface area contributed by atoms with E-state index in [-0.39, 0.29) is 24.1 Å². The van der Waals surface area contributed by atoms with E-state index in [1.54, 1.807) is 13.8 Å². The molecule has 0 bridgehead atoms. The van der Waals surface area contributed by atoms with E-state index in [4.69, 9.17) is 9.47 Å². The zero-order chi connectivity index (χ0) is 17.4. The Bertz CT molecular complexity index is 446. The smallest absolute Gasteiger partial charge is 0.333 e. The molecule has 0 aromatic rings. The highest BCUT2D eigenvalue weighted by Gasteiger charge is 2.20. The van der Waals surface area contributed by atoms with E-state index in [1.807, 2.05) is 12.2 Å². The maximum Gasteiger partial charge on any atom is 0.333 e. The average Bonchev–Trinajstić information content (AvgIpc) is 3.24. The van der Waals surface area contributed by atoms with Gasteiger partial charge >= 0.3 is 11.9 Å². The Labute approximate surface area is 145 Å². The molecule has 0 atom stereocenters. The second-order valence-electron chi connectivity index (χ2n) is 6.98. The van der Waals surface area contributed by atoms with Crippen molar-refractivity contribution in [2.24, 2.45) is 0 Å². The quantitative estimate of drug-likeness (QED) is 0.387. The summed E-state index contributed by atoms with van der Waals surface area (Å²) in [4.78, 5) is 23.9. The molecule has 2 aliphatic rings. The number of unbranched alkanes of at least 4 members (excludes halogenated alkanes) is 1. The summed E-state index contributed by atoms with van der Waals surface area (Å²) in [5, 5.41) is 0.